The number of esters is 1. The van der Waals surface area contributed by atoms with Crippen molar-refractivity contribution in [3.8, 4) is 17.2 Å². The molecule has 0 aliphatic carbocycles. The van der Waals surface area contributed by atoms with Gasteiger partial charge in [0.25, 0.3) is 0 Å². The summed E-state index contributed by atoms with van der Waals surface area (Å²) >= 11 is 0. The van der Waals surface area contributed by atoms with Crippen molar-refractivity contribution in [2.24, 2.45) is 0 Å². The predicted octanol–water partition coefficient (Wildman–Crippen LogP) is 7.37. The third-order valence-corrected chi connectivity index (χ3v) is 6.93. The molecule has 1 aliphatic heterocycles. The number of carbonyl (C=O) groups is 1. The van der Waals surface area contributed by atoms with Crippen LogP contribution < -0.4 is 14.2 Å². The monoisotopic (exact) mass is 532 g/mol. The molecule has 3 atom stereocenters. The van der Waals surface area contributed by atoms with Crippen molar-refractivity contribution >= 4 is 5.97 Å². The van der Waals surface area contributed by atoms with Crippen LogP contribution in [0, 0.1) is 6.92 Å². The molecule has 0 amide bonds. The Hall–Kier alpha value is -3.35. The molecule has 0 saturated carbocycles. The molecule has 1 saturated heterocycles. The Morgan fingerprint density at radius 2 is 1.18 bits per heavy atom. The fourth-order valence-electron chi connectivity index (χ4n) is 4.74. The first-order valence-electron chi connectivity index (χ1n) is 13.3. The number of rotatable bonds is 6. The second-order valence-electron chi connectivity index (χ2n) is 12.1. The lowest BCUT2D eigenvalue weighted by molar-refractivity contribution is -0.148. The van der Waals surface area contributed by atoms with Crippen molar-refractivity contribution in [1.29, 1.82) is 0 Å². The van der Waals surface area contributed by atoms with E-state index in [1.54, 1.807) is 14.2 Å². The molecule has 1 fully saturated rings. The summed E-state index contributed by atoms with van der Waals surface area (Å²) in [6.45, 7) is 14.8. The molecule has 1 heterocycles. The largest absolute Gasteiger partial charge is 0.497 e. The van der Waals surface area contributed by atoms with Crippen molar-refractivity contribution in [3.63, 3.8) is 0 Å². The summed E-state index contributed by atoms with van der Waals surface area (Å²) in [6.07, 6.45) is -2.40. The van der Waals surface area contributed by atoms with Crippen molar-refractivity contribution in [2.45, 2.75) is 77.8 Å². The Morgan fingerprint density at radius 3 is 1.62 bits per heavy atom. The lowest BCUT2D eigenvalue weighted by atomic mass is 9.78. The quantitative estimate of drug-likeness (QED) is 0.244. The van der Waals surface area contributed by atoms with E-state index in [2.05, 4.69) is 60.6 Å². The Kier molecular flexibility index (Phi) is 8.10. The summed E-state index contributed by atoms with van der Waals surface area (Å²) in [5.41, 5.74) is 4.18. The van der Waals surface area contributed by atoms with Crippen LogP contribution in [0.3, 0.4) is 0 Å². The van der Waals surface area contributed by atoms with Gasteiger partial charge in [-0.15, -0.1) is 0 Å². The Labute approximate surface area is 232 Å². The molecule has 0 spiro atoms. The van der Waals surface area contributed by atoms with Gasteiger partial charge in [-0.25, -0.2) is 4.79 Å². The van der Waals surface area contributed by atoms with Crippen LogP contribution in [-0.2, 0) is 25.1 Å². The molecule has 6 heteroatoms. The number of ether oxygens (including phenoxy) is 5. The molecule has 0 N–H and O–H groups in total. The van der Waals surface area contributed by atoms with Crippen molar-refractivity contribution in [1.82, 2.24) is 0 Å². The van der Waals surface area contributed by atoms with Crippen LogP contribution in [0.5, 0.6) is 17.2 Å². The smallest absolute Gasteiger partial charge is 0.343 e. The molecule has 3 aromatic carbocycles. The van der Waals surface area contributed by atoms with E-state index < -0.39 is 24.5 Å². The van der Waals surface area contributed by atoms with Crippen LogP contribution in [0.4, 0.5) is 0 Å². The van der Waals surface area contributed by atoms with Gasteiger partial charge in [-0.1, -0.05) is 83.5 Å². The van der Waals surface area contributed by atoms with E-state index in [1.165, 1.54) is 0 Å². The summed E-state index contributed by atoms with van der Waals surface area (Å²) in [7, 11) is 3.23. The van der Waals surface area contributed by atoms with Gasteiger partial charge in [-0.3, -0.25) is 0 Å². The fourth-order valence-corrected chi connectivity index (χ4v) is 4.74. The van der Waals surface area contributed by atoms with E-state index in [1.807, 2.05) is 48.5 Å². The predicted molar refractivity (Wildman–Crippen MR) is 152 cm³/mol. The SMILES string of the molecule is COc1ccc([C@H]2O[C@@H](C(=O)Oc3c(C(C)(C)C)cc(C)cc3C(C)(C)C)[C@H](c3ccc(OC)cc3)O2)cc1. The van der Waals surface area contributed by atoms with Crippen LogP contribution >= 0.6 is 0 Å². The highest BCUT2D eigenvalue weighted by Gasteiger charge is 2.44. The number of carbonyl (C=O) groups excluding carboxylic acids is 1. The maximum Gasteiger partial charge on any atom is 0.343 e. The second kappa shape index (κ2) is 11.0. The van der Waals surface area contributed by atoms with Crippen LogP contribution in [-0.4, -0.2) is 26.3 Å². The number of benzene rings is 3. The molecular weight excluding hydrogens is 492 g/mol. The first kappa shape index (κ1) is 28.7. The summed E-state index contributed by atoms with van der Waals surface area (Å²) in [5, 5.41) is 0. The minimum atomic E-state index is -0.979. The molecule has 0 radical (unpaired) electrons. The van der Waals surface area contributed by atoms with Crippen molar-refractivity contribution in [2.75, 3.05) is 14.2 Å². The first-order chi connectivity index (χ1) is 18.3. The van der Waals surface area contributed by atoms with Gasteiger partial charge in [0.15, 0.2) is 12.4 Å². The number of hydrogen-bond donors (Lipinski definition) is 0. The zero-order valence-electron chi connectivity index (χ0n) is 24.5. The fraction of sp³-hybridized carbons (Fsp3) is 0.424. The Morgan fingerprint density at radius 1 is 0.718 bits per heavy atom. The zero-order chi connectivity index (χ0) is 28.5. The number of methoxy groups -OCH3 is 2. The highest BCUT2D eigenvalue weighted by molar-refractivity contribution is 5.80. The first-order valence-corrected chi connectivity index (χ1v) is 13.3. The highest BCUT2D eigenvalue weighted by atomic mass is 16.7. The van der Waals surface area contributed by atoms with Crippen LogP contribution in [0.1, 0.15) is 81.8 Å². The van der Waals surface area contributed by atoms with Gasteiger partial charge in [0.05, 0.1) is 14.2 Å². The van der Waals surface area contributed by atoms with Crippen molar-refractivity contribution in [3.05, 3.63) is 88.5 Å². The molecule has 39 heavy (non-hydrogen) atoms. The molecule has 4 rings (SSSR count). The van der Waals surface area contributed by atoms with Crippen LogP contribution in [0.25, 0.3) is 0 Å². The third-order valence-electron chi connectivity index (χ3n) is 6.93. The van der Waals surface area contributed by atoms with Crippen LogP contribution in [0.15, 0.2) is 60.7 Å². The van der Waals surface area contributed by atoms with E-state index in [9.17, 15) is 4.79 Å². The Bertz CT molecular complexity index is 1260. The average molecular weight is 533 g/mol. The van der Waals surface area contributed by atoms with Gasteiger partial charge >= 0.3 is 5.97 Å². The lowest BCUT2D eigenvalue weighted by Crippen LogP contribution is -2.32. The van der Waals surface area contributed by atoms with Gasteiger partial charge in [-0.05, 0) is 47.6 Å². The van der Waals surface area contributed by atoms with Gasteiger partial charge in [0, 0.05) is 16.7 Å². The van der Waals surface area contributed by atoms with Crippen LogP contribution in [0.2, 0.25) is 0 Å². The maximum absolute atomic E-state index is 14.0. The molecule has 208 valence electrons. The second-order valence-corrected chi connectivity index (χ2v) is 12.1. The number of aryl methyl sites for hydroxylation is 1. The molecule has 1 aliphatic rings. The van der Waals surface area contributed by atoms with Gasteiger partial charge < -0.3 is 23.7 Å². The molecule has 0 aromatic heterocycles. The van der Waals surface area contributed by atoms with Gasteiger partial charge in [0.1, 0.15) is 23.4 Å². The van der Waals surface area contributed by atoms with E-state index in [0.29, 0.717) is 11.5 Å². The summed E-state index contributed by atoms with van der Waals surface area (Å²) in [5.74, 6) is 1.54. The zero-order valence-corrected chi connectivity index (χ0v) is 24.5. The summed E-state index contributed by atoms with van der Waals surface area (Å²) in [4.78, 5) is 14.0. The molecule has 0 unspecified atom stereocenters. The standard InChI is InChI=1S/C33H40O6/c1-20-18-25(32(2,3)4)28(26(19-20)33(5,6)7)37-30(34)29-27(21-10-14-23(35-8)15-11-21)38-31(39-29)22-12-16-24(36-9)17-13-22/h10-19,27,29,31H,1-9H3/t27-,29+,31+/m0/s1. The molecule has 6 nitrogen and oxygen atoms in total. The number of hydrogen-bond acceptors (Lipinski definition) is 6. The van der Waals surface area contributed by atoms with Crippen molar-refractivity contribution < 1.29 is 28.5 Å². The lowest BCUT2D eigenvalue weighted by Gasteiger charge is -2.30. The normalized spacial score (nSPS) is 19.6. The average Bonchev–Trinajstić information content (AvgIpc) is 3.34. The molecular formula is C33H40O6. The topological polar surface area (TPSA) is 63.2 Å². The van der Waals surface area contributed by atoms with E-state index >= 15 is 0 Å². The van der Waals surface area contributed by atoms with E-state index in [-0.39, 0.29) is 10.8 Å². The highest BCUT2D eigenvalue weighted by Crippen LogP contribution is 2.44. The minimum absolute atomic E-state index is 0.240. The summed E-state index contributed by atoms with van der Waals surface area (Å²) < 4.78 is 29.6. The summed E-state index contributed by atoms with van der Waals surface area (Å²) in [6, 6.07) is 19.1. The van der Waals surface area contributed by atoms with Gasteiger partial charge in [-0.2, -0.15) is 0 Å². The molecule has 0 bridgehead atoms. The maximum atomic E-state index is 14.0. The minimum Gasteiger partial charge on any atom is -0.497 e. The Balaban J connectivity index is 1.73. The van der Waals surface area contributed by atoms with E-state index in [4.69, 9.17) is 23.7 Å². The third kappa shape index (κ3) is 6.29. The molecule has 3 aromatic rings. The van der Waals surface area contributed by atoms with Gasteiger partial charge in [0.2, 0.25) is 0 Å². The van der Waals surface area contributed by atoms with E-state index in [0.717, 1.165) is 33.6 Å².